The second-order valence-electron chi connectivity index (χ2n) is 15.0. The number of aromatic hydroxyl groups is 2. The van der Waals surface area contributed by atoms with Crippen molar-refractivity contribution in [2.75, 3.05) is 7.11 Å². The van der Waals surface area contributed by atoms with Gasteiger partial charge in [-0.05, 0) is 56.4 Å². The maximum atomic E-state index is 13.8. The van der Waals surface area contributed by atoms with Crippen molar-refractivity contribution in [2.45, 2.75) is 107 Å². The molecule has 0 radical (unpaired) electrons. The van der Waals surface area contributed by atoms with Gasteiger partial charge in [-0.15, -0.1) is 0 Å². The molecule has 1 fully saturated rings. The molecule has 8 N–H and O–H groups in total. The number of phenolic OH excluding ortho intramolecular Hbond substituents is 2. The van der Waals surface area contributed by atoms with Gasteiger partial charge in [0.25, 0.3) is 0 Å². The molecule has 0 bridgehead atoms. The lowest BCUT2D eigenvalue weighted by Gasteiger charge is -2.40. The molecule has 58 heavy (non-hydrogen) atoms. The van der Waals surface area contributed by atoms with Crippen molar-refractivity contribution in [3.8, 4) is 23.0 Å². The Morgan fingerprint density at radius 1 is 0.879 bits per heavy atom. The molecule has 1 saturated heterocycles. The number of amides is 2. The molecule has 3 aromatic rings. The van der Waals surface area contributed by atoms with Gasteiger partial charge in [-0.25, -0.2) is 9.59 Å². The topological polar surface area (TPSA) is 245 Å². The number of fused-ring (bicyclic) bond motifs is 3. The Morgan fingerprint density at radius 3 is 2.33 bits per heavy atom. The van der Waals surface area contributed by atoms with Crippen LogP contribution in [-0.4, -0.2) is 94.0 Å². The molecule has 1 heterocycles. The molecular weight excluding hydrogens is 754 g/mol. The van der Waals surface area contributed by atoms with Crippen molar-refractivity contribution in [3.63, 3.8) is 0 Å². The van der Waals surface area contributed by atoms with Crippen LogP contribution in [0.2, 0.25) is 0 Å². The van der Waals surface area contributed by atoms with E-state index in [4.69, 9.17) is 29.4 Å². The van der Waals surface area contributed by atoms with Gasteiger partial charge in [-0.2, -0.15) is 0 Å². The van der Waals surface area contributed by atoms with Crippen LogP contribution in [0.5, 0.6) is 23.0 Å². The zero-order valence-corrected chi connectivity index (χ0v) is 32.0. The number of allylic oxidation sites excluding steroid dienone is 2. The van der Waals surface area contributed by atoms with E-state index in [0.29, 0.717) is 12.0 Å². The standard InChI is InChI=1S/C42H47N3O13/c1-20-36(47)28(45-41(52)55-19-21-12-14-23(15-13-21)57-42(53)44-27-10-6-4-3-5-9-26(27)43)18-31(56-20)58-30-17-22(46)16-25-33(30)40(51)35-34(38(25)49)37(48)24-8-7-11-29(54-2)32(24)39(35)50/h3-4,7-8,11-15,20,22,26-28,30-31,36,46-47,49,51H,5-6,9-10,16-19,43H2,1-2H3,(H,44,53)(H,45,52)/b4-3+/t20-,22-,26?,27?,28-,30-,31-,36+/m0/s1. The second-order valence-corrected chi connectivity index (χ2v) is 15.0. The fourth-order valence-corrected chi connectivity index (χ4v) is 8.12. The van der Waals surface area contributed by atoms with Crippen molar-refractivity contribution in [2.24, 2.45) is 5.73 Å². The van der Waals surface area contributed by atoms with E-state index in [1.807, 2.05) is 0 Å². The molecular formula is C42H47N3O13. The highest BCUT2D eigenvalue weighted by molar-refractivity contribution is 6.31. The lowest BCUT2D eigenvalue weighted by Crippen LogP contribution is -2.55. The number of nitrogens with two attached hydrogens (primary N) is 1. The number of aliphatic hydroxyl groups excluding tert-OH is 2. The Bertz CT molecular complexity index is 2100. The van der Waals surface area contributed by atoms with E-state index >= 15 is 0 Å². The van der Waals surface area contributed by atoms with Gasteiger partial charge in [0.05, 0.1) is 48.2 Å². The molecule has 16 nitrogen and oxygen atoms in total. The van der Waals surface area contributed by atoms with Crippen LogP contribution in [-0.2, 0) is 27.2 Å². The molecule has 308 valence electrons. The number of ether oxygens (including phenoxy) is 5. The Labute approximate surface area is 333 Å². The molecule has 1 aliphatic heterocycles. The molecule has 7 rings (SSSR count). The summed E-state index contributed by atoms with van der Waals surface area (Å²) >= 11 is 0. The summed E-state index contributed by atoms with van der Waals surface area (Å²) in [5, 5.41) is 50.4. The highest BCUT2D eigenvalue weighted by Crippen LogP contribution is 2.50. The molecule has 8 atom stereocenters. The number of carbonyl (C=O) groups is 4. The first kappa shape index (κ1) is 40.7. The Hall–Kier alpha value is -5.52. The molecule has 2 unspecified atom stereocenters. The number of phenols is 2. The van der Waals surface area contributed by atoms with Gasteiger partial charge in [0, 0.05) is 48.0 Å². The number of ketones is 2. The Morgan fingerprint density at radius 2 is 1.59 bits per heavy atom. The number of nitrogens with one attached hydrogen (secondary N) is 2. The van der Waals surface area contributed by atoms with E-state index in [-0.39, 0.29) is 77.3 Å². The van der Waals surface area contributed by atoms with E-state index in [1.165, 1.54) is 25.3 Å². The Balaban J connectivity index is 0.986. The normalized spacial score (nSPS) is 27.1. The highest BCUT2D eigenvalue weighted by atomic mass is 16.7. The zero-order valence-electron chi connectivity index (χ0n) is 32.0. The van der Waals surface area contributed by atoms with E-state index in [1.54, 1.807) is 31.2 Å². The quantitative estimate of drug-likeness (QED) is 0.0986. The number of carbonyl (C=O) groups excluding carboxylic acids is 4. The zero-order chi connectivity index (χ0) is 41.2. The lowest BCUT2D eigenvalue weighted by atomic mass is 9.76. The number of hydrogen-bond acceptors (Lipinski definition) is 14. The van der Waals surface area contributed by atoms with Crippen molar-refractivity contribution in [1.29, 1.82) is 0 Å². The van der Waals surface area contributed by atoms with Gasteiger partial charge in [0.2, 0.25) is 5.78 Å². The monoisotopic (exact) mass is 801 g/mol. The van der Waals surface area contributed by atoms with Crippen molar-refractivity contribution < 1.29 is 63.3 Å². The summed E-state index contributed by atoms with van der Waals surface area (Å²) in [5.74, 6) is -2.13. The van der Waals surface area contributed by atoms with E-state index in [9.17, 15) is 39.6 Å². The summed E-state index contributed by atoms with van der Waals surface area (Å²) < 4.78 is 28.3. The van der Waals surface area contributed by atoms with Gasteiger partial charge >= 0.3 is 12.2 Å². The molecule has 0 aromatic heterocycles. The molecule has 3 aliphatic carbocycles. The Kier molecular flexibility index (Phi) is 12.0. The van der Waals surface area contributed by atoms with Crippen LogP contribution in [0.1, 0.15) is 100 Å². The van der Waals surface area contributed by atoms with Gasteiger partial charge in [-0.1, -0.05) is 36.4 Å². The van der Waals surface area contributed by atoms with Crippen LogP contribution in [0.3, 0.4) is 0 Å². The first-order valence-corrected chi connectivity index (χ1v) is 19.3. The van der Waals surface area contributed by atoms with Crippen molar-refractivity contribution in [3.05, 3.63) is 93.6 Å². The average molecular weight is 802 g/mol. The number of rotatable bonds is 8. The van der Waals surface area contributed by atoms with Crippen molar-refractivity contribution >= 4 is 23.8 Å². The summed E-state index contributed by atoms with van der Waals surface area (Å²) in [6, 6.07) is 9.58. The largest absolute Gasteiger partial charge is 0.507 e. The van der Waals surface area contributed by atoms with E-state index < -0.39 is 77.6 Å². The van der Waals surface area contributed by atoms with Gasteiger partial charge in [-0.3, -0.25) is 9.59 Å². The van der Waals surface area contributed by atoms with E-state index in [0.717, 1.165) is 19.3 Å². The van der Waals surface area contributed by atoms with E-state index in [2.05, 4.69) is 22.8 Å². The molecule has 3 aromatic carbocycles. The number of methoxy groups -OCH3 is 1. The predicted octanol–water partition coefficient (Wildman–Crippen LogP) is 3.95. The second kappa shape index (κ2) is 17.1. The third-order valence-corrected chi connectivity index (χ3v) is 11.1. The maximum Gasteiger partial charge on any atom is 0.412 e. The minimum atomic E-state index is -1.17. The van der Waals surface area contributed by atoms with Crippen LogP contribution in [0.25, 0.3) is 0 Å². The predicted molar refractivity (Wildman–Crippen MR) is 205 cm³/mol. The highest BCUT2D eigenvalue weighted by Gasteiger charge is 2.45. The fraction of sp³-hybridized carbons (Fsp3) is 0.429. The summed E-state index contributed by atoms with van der Waals surface area (Å²) in [6.07, 6.45) is 0.228. The number of aliphatic hydroxyl groups is 2. The smallest absolute Gasteiger partial charge is 0.412 e. The summed E-state index contributed by atoms with van der Waals surface area (Å²) in [7, 11) is 1.34. The summed E-state index contributed by atoms with van der Waals surface area (Å²) in [5.41, 5.74) is 6.06. The third kappa shape index (κ3) is 8.24. The van der Waals surface area contributed by atoms with Gasteiger partial charge < -0.3 is 60.5 Å². The van der Waals surface area contributed by atoms with Crippen LogP contribution >= 0.6 is 0 Å². The molecule has 2 amide bonds. The summed E-state index contributed by atoms with van der Waals surface area (Å²) in [6.45, 7) is 1.44. The minimum absolute atomic E-state index is 0.00401. The fourth-order valence-electron chi connectivity index (χ4n) is 8.12. The number of benzene rings is 3. The van der Waals surface area contributed by atoms with Gasteiger partial charge in [0.15, 0.2) is 12.1 Å². The molecule has 4 aliphatic rings. The van der Waals surface area contributed by atoms with Crippen LogP contribution in [0.15, 0.2) is 54.6 Å². The molecule has 0 saturated carbocycles. The number of hydrogen-bond donors (Lipinski definition) is 7. The first-order chi connectivity index (χ1) is 27.8. The van der Waals surface area contributed by atoms with Crippen LogP contribution in [0, 0.1) is 0 Å². The summed E-state index contributed by atoms with van der Waals surface area (Å²) in [4.78, 5) is 53.0. The SMILES string of the molecule is COc1cccc2c1C(=O)c1c(O)c3c(c(O)c1C2=O)C[C@H](O)C[C@@H]3O[C@H]1C[C@H](NC(=O)OCc2ccc(OC(=O)NC3CC/C=C/CCC3N)cc2)[C@H](O)[C@H](C)O1. The third-order valence-electron chi connectivity index (χ3n) is 11.1. The first-order valence-electron chi connectivity index (χ1n) is 19.3. The minimum Gasteiger partial charge on any atom is -0.507 e. The van der Waals surface area contributed by atoms with Crippen molar-refractivity contribution in [1.82, 2.24) is 10.6 Å². The lowest BCUT2D eigenvalue weighted by molar-refractivity contribution is -0.246. The van der Waals surface area contributed by atoms with Crippen LogP contribution < -0.4 is 25.8 Å². The maximum absolute atomic E-state index is 13.8. The average Bonchev–Trinajstić information content (AvgIpc) is 3.19. The molecule has 16 heteroatoms. The molecule has 0 spiro atoms. The number of alkyl carbamates (subject to hydrolysis) is 1. The van der Waals surface area contributed by atoms with Gasteiger partial charge in [0.1, 0.15) is 35.7 Å². The van der Waals surface area contributed by atoms with Crippen LogP contribution in [0.4, 0.5) is 9.59 Å².